The van der Waals surface area contributed by atoms with Crippen molar-refractivity contribution in [3.63, 3.8) is 0 Å². The van der Waals surface area contributed by atoms with Gasteiger partial charge in [0.25, 0.3) is 15.0 Å². The summed E-state index contributed by atoms with van der Waals surface area (Å²) in [6.07, 6.45) is -5.14. The van der Waals surface area contributed by atoms with E-state index in [9.17, 15) is 31.7 Å². The Labute approximate surface area is 104 Å². The molecule has 0 bridgehead atoms. The predicted molar refractivity (Wildman–Crippen MR) is 53.7 cm³/mol. The number of halogens is 3. The Morgan fingerprint density at radius 1 is 1.47 bits per heavy atom. The van der Waals surface area contributed by atoms with Crippen LogP contribution < -0.4 is 9.88 Å². The van der Waals surface area contributed by atoms with Gasteiger partial charge in [-0.15, -0.1) is 13.2 Å². The molecule has 0 spiro atoms. The van der Waals surface area contributed by atoms with Crippen LogP contribution in [0.4, 0.5) is 19.0 Å². The average molecular weight is 301 g/mol. The number of nitro groups is 1. The normalized spacial score (nSPS) is 12.3. The third kappa shape index (κ3) is 3.75. The van der Waals surface area contributed by atoms with Gasteiger partial charge in [0.05, 0.1) is 11.6 Å². The Hall–Kier alpha value is -1.95. The number of aromatic nitrogens is 1. The largest absolute Gasteiger partial charge is 0.573 e. The summed E-state index contributed by atoms with van der Waals surface area (Å²) in [4.78, 5) is 12.4. The molecule has 0 radical (unpaired) electrons. The zero-order valence-corrected chi connectivity index (χ0v) is 9.95. The molecule has 0 saturated heterocycles. The number of rotatable bonds is 3. The van der Waals surface area contributed by atoms with E-state index in [-0.39, 0.29) is 0 Å². The van der Waals surface area contributed by atoms with Gasteiger partial charge in [0.15, 0.2) is 0 Å². The van der Waals surface area contributed by atoms with Gasteiger partial charge >= 0.3 is 12.2 Å². The number of pyridine rings is 1. The number of hydrogen-bond donors (Lipinski definition) is 1. The first kappa shape index (κ1) is 15.1. The lowest BCUT2D eigenvalue weighted by Gasteiger charge is -2.11. The molecule has 106 valence electrons. The van der Waals surface area contributed by atoms with Crippen LogP contribution in [-0.4, -0.2) is 24.7 Å². The molecule has 0 atom stereocenters. The molecule has 19 heavy (non-hydrogen) atoms. The molecule has 0 fully saturated rings. The molecule has 0 amide bonds. The summed E-state index contributed by atoms with van der Waals surface area (Å²) in [6.45, 7) is 0.928. The van der Waals surface area contributed by atoms with Crippen LogP contribution in [0.5, 0.6) is 5.75 Å². The summed E-state index contributed by atoms with van der Waals surface area (Å²) in [5.74, 6) is -2.19. The van der Waals surface area contributed by atoms with Gasteiger partial charge < -0.3 is 14.9 Å². The lowest BCUT2D eigenvalue weighted by atomic mass is 10.3. The van der Waals surface area contributed by atoms with E-state index in [1.807, 2.05) is 0 Å². The fourth-order valence-corrected chi connectivity index (χ4v) is 1.90. The van der Waals surface area contributed by atoms with Crippen LogP contribution in [0.25, 0.3) is 0 Å². The Morgan fingerprint density at radius 2 is 2.00 bits per heavy atom. The van der Waals surface area contributed by atoms with E-state index < -0.39 is 43.5 Å². The molecule has 0 aromatic carbocycles. The van der Waals surface area contributed by atoms with Crippen LogP contribution in [0.15, 0.2) is 11.1 Å². The van der Waals surface area contributed by atoms with Crippen molar-refractivity contribution < 1.29 is 31.2 Å². The first-order valence-electron chi connectivity index (χ1n) is 4.36. The molecule has 8 nitrogen and oxygen atoms in total. The van der Waals surface area contributed by atoms with Gasteiger partial charge in [0, 0.05) is 0 Å². The quantitative estimate of drug-likeness (QED) is 0.651. The van der Waals surface area contributed by atoms with Crippen LogP contribution in [0.2, 0.25) is 0 Å². The highest BCUT2D eigenvalue weighted by Crippen LogP contribution is 2.31. The van der Waals surface area contributed by atoms with E-state index in [0.717, 1.165) is 6.92 Å². The van der Waals surface area contributed by atoms with Crippen molar-refractivity contribution in [2.45, 2.75) is 18.3 Å². The van der Waals surface area contributed by atoms with Gasteiger partial charge in [0.2, 0.25) is 0 Å². The van der Waals surface area contributed by atoms with Gasteiger partial charge in [-0.25, -0.2) is 13.6 Å². The van der Waals surface area contributed by atoms with Crippen molar-refractivity contribution >= 4 is 15.8 Å². The zero-order chi connectivity index (χ0) is 15.0. The molecule has 0 aliphatic carbocycles. The standard InChI is InChI=1S/C7H6F3N3O5S/c1-3-4(18-7(8,9)10)2-5(13(14)15)12-6(3)19(11,16)17/h2H,1H3,(H2,11,16,17). The molecule has 2 N–H and O–H groups in total. The lowest BCUT2D eigenvalue weighted by Crippen LogP contribution is -2.21. The minimum absolute atomic E-state index is 0.359. The minimum Gasteiger partial charge on any atom is -0.405 e. The summed E-state index contributed by atoms with van der Waals surface area (Å²) < 4.78 is 62.0. The van der Waals surface area contributed by atoms with Crippen LogP contribution in [0.3, 0.4) is 0 Å². The van der Waals surface area contributed by atoms with Gasteiger partial charge in [0.1, 0.15) is 5.75 Å². The summed E-state index contributed by atoms with van der Waals surface area (Å²) in [5, 5.41) is 14.1. The maximum Gasteiger partial charge on any atom is 0.573 e. The molecule has 1 rings (SSSR count). The summed E-state index contributed by atoms with van der Waals surface area (Å²) in [6, 6.07) is 0.359. The number of ether oxygens (including phenoxy) is 1. The molecule has 12 heteroatoms. The van der Waals surface area contributed by atoms with Crippen molar-refractivity contribution in [3.8, 4) is 5.75 Å². The summed E-state index contributed by atoms with van der Waals surface area (Å²) in [7, 11) is -4.53. The lowest BCUT2D eigenvalue weighted by molar-refractivity contribution is -0.390. The number of primary sulfonamides is 1. The third-order valence-electron chi connectivity index (χ3n) is 1.85. The maximum absolute atomic E-state index is 12.1. The van der Waals surface area contributed by atoms with Crippen molar-refractivity contribution in [1.29, 1.82) is 0 Å². The van der Waals surface area contributed by atoms with Gasteiger partial charge in [-0.05, 0) is 16.8 Å². The van der Waals surface area contributed by atoms with Gasteiger partial charge in [-0.3, -0.25) is 0 Å². The number of hydrogen-bond acceptors (Lipinski definition) is 6. The zero-order valence-electron chi connectivity index (χ0n) is 9.13. The molecule has 1 aromatic rings. The summed E-state index contributed by atoms with van der Waals surface area (Å²) >= 11 is 0. The topological polar surface area (TPSA) is 125 Å². The van der Waals surface area contributed by atoms with E-state index in [2.05, 4.69) is 9.72 Å². The summed E-state index contributed by atoms with van der Waals surface area (Å²) in [5.41, 5.74) is -0.578. The molecule has 0 unspecified atom stereocenters. The van der Waals surface area contributed by atoms with Crippen molar-refractivity contribution in [2.75, 3.05) is 0 Å². The number of alkyl halides is 3. The van der Waals surface area contributed by atoms with E-state index in [4.69, 9.17) is 5.14 Å². The highest BCUT2D eigenvalue weighted by Gasteiger charge is 2.35. The molecule has 0 saturated carbocycles. The third-order valence-corrected chi connectivity index (χ3v) is 2.79. The number of nitrogens with zero attached hydrogens (tertiary/aromatic N) is 2. The van der Waals surface area contributed by atoms with E-state index in [0.29, 0.717) is 6.07 Å². The Morgan fingerprint density at radius 3 is 2.37 bits per heavy atom. The Bertz CT molecular complexity index is 628. The van der Waals surface area contributed by atoms with Crippen molar-refractivity contribution in [1.82, 2.24) is 4.98 Å². The smallest absolute Gasteiger partial charge is 0.405 e. The van der Waals surface area contributed by atoms with Crippen LogP contribution >= 0.6 is 0 Å². The predicted octanol–water partition coefficient (Wildman–Crippen LogP) is 0.844. The minimum atomic E-state index is -5.14. The Kier molecular flexibility index (Phi) is 3.67. The average Bonchev–Trinajstić information content (AvgIpc) is 2.16. The van der Waals surface area contributed by atoms with Crippen LogP contribution in [0.1, 0.15) is 5.56 Å². The maximum atomic E-state index is 12.1. The van der Waals surface area contributed by atoms with Crippen LogP contribution in [-0.2, 0) is 10.0 Å². The van der Waals surface area contributed by atoms with Crippen molar-refractivity contribution in [2.24, 2.45) is 5.14 Å². The fraction of sp³-hybridized carbons (Fsp3) is 0.286. The fourth-order valence-electron chi connectivity index (χ4n) is 1.15. The first-order chi connectivity index (χ1) is 8.42. The molecule has 1 aromatic heterocycles. The molecule has 0 aliphatic heterocycles. The molecular formula is C7H6F3N3O5S. The van der Waals surface area contributed by atoms with Gasteiger partial charge in [-0.2, -0.15) is 0 Å². The monoisotopic (exact) mass is 301 g/mol. The second-order valence-corrected chi connectivity index (χ2v) is 4.74. The second-order valence-electron chi connectivity index (χ2n) is 3.26. The number of nitrogens with two attached hydrogens (primary N) is 1. The van der Waals surface area contributed by atoms with E-state index in [1.165, 1.54) is 0 Å². The second kappa shape index (κ2) is 4.62. The molecule has 0 aliphatic rings. The molecular weight excluding hydrogens is 295 g/mol. The van der Waals surface area contributed by atoms with E-state index >= 15 is 0 Å². The van der Waals surface area contributed by atoms with Crippen molar-refractivity contribution in [3.05, 3.63) is 21.7 Å². The highest BCUT2D eigenvalue weighted by atomic mass is 32.2. The SMILES string of the molecule is Cc1c(OC(F)(F)F)cc([N+](=O)[O-])nc1S(N)(=O)=O. The Balaban J connectivity index is 3.55. The van der Waals surface area contributed by atoms with E-state index in [1.54, 1.807) is 0 Å². The van der Waals surface area contributed by atoms with Crippen LogP contribution in [0, 0.1) is 17.0 Å². The molecule has 1 heterocycles. The first-order valence-corrected chi connectivity index (χ1v) is 5.91. The van der Waals surface area contributed by atoms with Gasteiger partial charge in [-0.1, -0.05) is 0 Å². The highest BCUT2D eigenvalue weighted by molar-refractivity contribution is 7.89. The number of sulfonamides is 1.